The Morgan fingerprint density at radius 2 is 2.00 bits per heavy atom. The molecule has 0 aromatic carbocycles. The summed E-state index contributed by atoms with van der Waals surface area (Å²) in [7, 11) is 0. The van der Waals surface area contributed by atoms with Crippen molar-refractivity contribution in [3.8, 4) is 0 Å². The molecule has 17 heavy (non-hydrogen) atoms. The highest BCUT2D eigenvalue weighted by molar-refractivity contribution is 5.05. The quantitative estimate of drug-likeness (QED) is 0.795. The fraction of sp³-hybridized carbons (Fsp3) is 0.714. The Balaban J connectivity index is 2.56. The number of rotatable bonds is 7. The third-order valence-electron chi connectivity index (χ3n) is 2.74. The number of furan rings is 1. The van der Waals surface area contributed by atoms with Gasteiger partial charge in [-0.3, -0.25) is 4.90 Å². The van der Waals surface area contributed by atoms with Gasteiger partial charge in [-0.05, 0) is 31.4 Å². The zero-order valence-corrected chi connectivity index (χ0v) is 11.4. The van der Waals surface area contributed by atoms with E-state index in [-0.39, 0.29) is 6.10 Å². The van der Waals surface area contributed by atoms with Crippen LogP contribution in [0.4, 0.5) is 0 Å². The molecule has 0 amide bonds. The maximum absolute atomic E-state index is 9.75. The van der Waals surface area contributed by atoms with E-state index in [0.29, 0.717) is 12.5 Å². The first kappa shape index (κ1) is 14.3. The number of aliphatic hydroxyl groups is 1. The van der Waals surface area contributed by atoms with E-state index in [1.165, 1.54) is 0 Å². The van der Waals surface area contributed by atoms with Crippen LogP contribution in [-0.2, 0) is 6.54 Å². The van der Waals surface area contributed by atoms with Crippen LogP contribution in [0.25, 0.3) is 0 Å². The van der Waals surface area contributed by atoms with Crippen molar-refractivity contribution in [3.05, 3.63) is 23.7 Å². The van der Waals surface area contributed by atoms with Gasteiger partial charge in [-0.2, -0.15) is 0 Å². The molecule has 0 aliphatic heterocycles. The van der Waals surface area contributed by atoms with Crippen molar-refractivity contribution in [2.45, 2.75) is 46.8 Å². The van der Waals surface area contributed by atoms with E-state index in [2.05, 4.69) is 18.7 Å². The van der Waals surface area contributed by atoms with Crippen molar-refractivity contribution in [1.29, 1.82) is 0 Å². The summed E-state index contributed by atoms with van der Waals surface area (Å²) < 4.78 is 5.59. The fourth-order valence-electron chi connectivity index (χ4n) is 1.94. The lowest BCUT2D eigenvalue weighted by Crippen LogP contribution is -2.34. The molecule has 0 aliphatic rings. The van der Waals surface area contributed by atoms with Gasteiger partial charge in [-0.1, -0.05) is 20.8 Å². The molecule has 1 rings (SSSR count). The molecule has 0 saturated carbocycles. The maximum atomic E-state index is 9.75. The van der Waals surface area contributed by atoms with E-state index >= 15 is 0 Å². The van der Waals surface area contributed by atoms with Crippen LogP contribution in [-0.4, -0.2) is 29.2 Å². The smallest absolute Gasteiger partial charge is 0.118 e. The van der Waals surface area contributed by atoms with E-state index in [9.17, 15) is 5.11 Å². The summed E-state index contributed by atoms with van der Waals surface area (Å²) in [6.45, 7) is 10.8. The monoisotopic (exact) mass is 239 g/mol. The number of aryl methyl sites for hydroxylation is 1. The lowest BCUT2D eigenvalue weighted by atomic mass is 10.1. The molecule has 0 radical (unpaired) electrons. The van der Waals surface area contributed by atoms with Crippen LogP contribution >= 0.6 is 0 Å². The van der Waals surface area contributed by atoms with Crippen LogP contribution in [0, 0.1) is 12.8 Å². The molecule has 0 aliphatic carbocycles. The summed E-state index contributed by atoms with van der Waals surface area (Å²) in [5.41, 5.74) is 0. The predicted molar refractivity (Wildman–Crippen MR) is 69.9 cm³/mol. The van der Waals surface area contributed by atoms with Crippen molar-refractivity contribution in [2.75, 3.05) is 13.1 Å². The van der Waals surface area contributed by atoms with Crippen LogP contribution < -0.4 is 0 Å². The molecule has 1 unspecified atom stereocenters. The van der Waals surface area contributed by atoms with E-state index in [0.717, 1.165) is 31.0 Å². The summed E-state index contributed by atoms with van der Waals surface area (Å²) in [6.07, 6.45) is 0.552. The standard InChI is InChI=1S/C14H25NO2/c1-5-13(16)9-15(8-11(2)3)10-14-7-6-12(4)17-14/h6-7,11,13,16H,5,8-10H2,1-4H3. The first-order valence-corrected chi connectivity index (χ1v) is 6.47. The summed E-state index contributed by atoms with van der Waals surface area (Å²) in [5.74, 6) is 2.52. The van der Waals surface area contributed by atoms with E-state index < -0.39 is 0 Å². The second-order valence-corrected chi connectivity index (χ2v) is 5.16. The van der Waals surface area contributed by atoms with Crippen molar-refractivity contribution in [2.24, 2.45) is 5.92 Å². The van der Waals surface area contributed by atoms with E-state index in [1.54, 1.807) is 0 Å². The minimum atomic E-state index is -0.246. The molecular formula is C14H25NO2. The average Bonchev–Trinajstić information content (AvgIpc) is 2.62. The van der Waals surface area contributed by atoms with Gasteiger partial charge in [0.1, 0.15) is 11.5 Å². The maximum Gasteiger partial charge on any atom is 0.118 e. The molecule has 98 valence electrons. The Bertz CT molecular complexity index is 320. The van der Waals surface area contributed by atoms with Gasteiger partial charge in [-0.25, -0.2) is 0 Å². The third kappa shape index (κ3) is 5.37. The zero-order valence-electron chi connectivity index (χ0n) is 11.4. The molecule has 1 aromatic heterocycles. The Morgan fingerprint density at radius 1 is 1.29 bits per heavy atom. The largest absolute Gasteiger partial charge is 0.465 e. The molecule has 0 saturated heterocycles. The van der Waals surface area contributed by atoms with Crippen LogP contribution in [0.2, 0.25) is 0 Å². The van der Waals surface area contributed by atoms with Crippen LogP contribution in [0.3, 0.4) is 0 Å². The van der Waals surface area contributed by atoms with Gasteiger partial charge >= 0.3 is 0 Å². The SMILES string of the molecule is CCC(O)CN(Cc1ccc(C)o1)CC(C)C. The summed E-state index contributed by atoms with van der Waals surface area (Å²) in [6, 6.07) is 4.00. The predicted octanol–water partition coefficient (Wildman–Crippen LogP) is 2.82. The van der Waals surface area contributed by atoms with Crippen LogP contribution in [0.5, 0.6) is 0 Å². The highest BCUT2D eigenvalue weighted by Gasteiger charge is 2.13. The topological polar surface area (TPSA) is 36.6 Å². The number of hydrogen-bond acceptors (Lipinski definition) is 3. The molecular weight excluding hydrogens is 214 g/mol. The third-order valence-corrected chi connectivity index (χ3v) is 2.74. The molecule has 0 fully saturated rings. The van der Waals surface area contributed by atoms with Crippen molar-refractivity contribution >= 4 is 0 Å². The second-order valence-electron chi connectivity index (χ2n) is 5.16. The number of aliphatic hydroxyl groups excluding tert-OH is 1. The zero-order chi connectivity index (χ0) is 12.8. The lowest BCUT2D eigenvalue weighted by molar-refractivity contribution is 0.0944. The molecule has 3 heteroatoms. The van der Waals surface area contributed by atoms with Gasteiger partial charge in [0.25, 0.3) is 0 Å². The van der Waals surface area contributed by atoms with Gasteiger partial charge in [-0.15, -0.1) is 0 Å². The minimum absolute atomic E-state index is 0.246. The summed E-state index contributed by atoms with van der Waals surface area (Å²) in [4.78, 5) is 2.26. The van der Waals surface area contributed by atoms with Gasteiger partial charge in [0.05, 0.1) is 12.6 Å². The summed E-state index contributed by atoms with van der Waals surface area (Å²) >= 11 is 0. The molecule has 1 atom stereocenters. The Morgan fingerprint density at radius 3 is 2.47 bits per heavy atom. The lowest BCUT2D eigenvalue weighted by Gasteiger charge is -2.25. The Kier molecular flexibility index (Phi) is 5.72. The Hall–Kier alpha value is -0.800. The first-order chi connectivity index (χ1) is 8.01. The molecule has 1 N–H and O–H groups in total. The van der Waals surface area contributed by atoms with E-state index in [1.807, 2.05) is 26.0 Å². The average molecular weight is 239 g/mol. The highest BCUT2D eigenvalue weighted by Crippen LogP contribution is 2.12. The molecule has 0 spiro atoms. The van der Waals surface area contributed by atoms with Crippen molar-refractivity contribution in [3.63, 3.8) is 0 Å². The summed E-state index contributed by atoms with van der Waals surface area (Å²) in [5, 5.41) is 9.75. The fourth-order valence-corrected chi connectivity index (χ4v) is 1.94. The molecule has 1 aromatic rings. The van der Waals surface area contributed by atoms with E-state index in [4.69, 9.17) is 4.42 Å². The second kappa shape index (κ2) is 6.82. The van der Waals surface area contributed by atoms with Crippen molar-refractivity contribution < 1.29 is 9.52 Å². The molecule has 1 heterocycles. The number of hydrogen-bond donors (Lipinski definition) is 1. The number of nitrogens with zero attached hydrogens (tertiary/aromatic N) is 1. The van der Waals surface area contributed by atoms with Gasteiger partial charge in [0, 0.05) is 13.1 Å². The van der Waals surface area contributed by atoms with Crippen LogP contribution in [0.1, 0.15) is 38.7 Å². The van der Waals surface area contributed by atoms with Gasteiger partial charge < -0.3 is 9.52 Å². The normalized spacial score (nSPS) is 13.6. The highest BCUT2D eigenvalue weighted by atomic mass is 16.3. The van der Waals surface area contributed by atoms with Gasteiger partial charge in [0.2, 0.25) is 0 Å². The first-order valence-electron chi connectivity index (χ1n) is 6.47. The van der Waals surface area contributed by atoms with Gasteiger partial charge in [0.15, 0.2) is 0 Å². The van der Waals surface area contributed by atoms with Crippen LogP contribution in [0.15, 0.2) is 16.5 Å². The van der Waals surface area contributed by atoms with Crippen molar-refractivity contribution in [1.82, 2.24) is 4.90 Å². The molecule has 0 bridgehead atoms. The Labute approximate surface area is 104 Å². The molecule has 3 nitrogen and oxygen atoms in total. The minimum Gasteiger partial charge on any atom is -0.465 e.